The molecule has 0 N–H and O–H groups in total. The Balaban J connectivity index is 1.56. The second kappa shape index (κ2) is 7.02. The van der Waals surface area contributed by atoms with E-state index in [1.807, 2.05) is 29.2 Å². The minimum absolute atomic E-state index is 0.224. The molecule has 0 spiro atoms. The number of anilines is 1. The molecule has 1 unspecified atom stereocenters. The minimum atomic E-state index is 0.224. The van der Waals surface area contributed by atoms with Gasteiger partial charge < -0.3 is 14.4 Å². The van der Waals surface area contributed by atoms with E-state index in [-0.39, 0.29) is 11.8 Å². The SMILES string of the molecule is COc1ccc(C(CC(=O)N2CCc3ccccc32)C2CC2)cc1OC. The van der Waals surface area contributed by atoms with E-state index in [1.165, 1.54) is 24.0 Å². The van der Waals surface area contributed by atoms with Crippen molar-refractivity contribution in [1.29, 1.82) is 0 Å². The van der Waals surface area contributed by atoms with Crippen LogP contribution in [0.25, 0.3) is 0 Å². The largest absolute Gasteiger partial charge is 0.493 e. The normalized spacial score (nSPS) is 16.9. The van der Waals surface area contributed by atoms with Crippen molar-refractivity contribution in [2.45, 2.75) is 31.6 Å². The van der Waals surface area contributed by atoms with Crippen LogP contribution in [0.2, 0.25) is 0 Å². The van der Waals surface area contributed by atoms with Gasteiger partial charge in [-0.1, -0.05) is 24.3 Å². The number of methoxy groups -OCH3 is 2. The molecule has 1 heterocycles. The van der Waals surface area contributed by atoms with Gasteiger partial charge in [-0.15, -0.1) is 0 Å². The molecule has 1 aliphatic carbocycles. The van der Waals surface area contributed by atoms with Crippen molar-refractivity contribution < 1.29 is 14.3 Å². The van der Waals surface area contributed by atoms with E-state index in [0.29, 0.717) is 12.3 Å². The second-order valence-corrected chi connectivity index (χ2v) is 7.19. The molecule has 0 radical (unpaired) electrons. The maximum Gasteiger partial charge on any atom is 0.227 e. The number of para-hydroxylation sites is 1. The summed E-state index contributed by atoms with van der Waals surface area (Å²) in [6.07, 6.45) is 3.90. The fourth-order valence-electron chi connectivity index (χ4n) is 4.03. The highest BCUT2D eigenvalue weighted by molar-refractivity contribution is 5.96. The number of amides is 1. The average Bonchev–Trinajstić information content (AvgIpc) is 3.43. The zero-order valence-electron chi connectivity index (χ0n) is 15.4. The molecule has 2 aromatic rings. The molecule has 0 aromatic heterocycles. The van der Waals surface area contributed by atoms with Crippen LogP contribution in [0.1, 0.15) is 36.3 Å². The molecule has 1 saturated carbocycles. The summed E-state index contributed by atoms with van der Waals surface area (Å²) < 4.78 is 10.8. The highest BCUT2D eigenvalue weighted by atomic mass is 16.5. The van der Waals surface area contributed by atoms with Gasteiger partial charge in [0.05, 0.1) is 14.2 Å². The van der Waals surface area contributed by atoms with E-state index in [1.54, 1.807) is 14.2 Å². The van der Waals surface area contributed by atoms with Gasteiger partial charge in [-0.05, 0) is 60.4 Å². The van der Waals surface area contributed by atoms with Crippen LogP contribution >= 0.6 is 0 Å². The Morgan fingerprint density at radius 2 is 1.88 bits per heavy atom. The van der Waals surface area contributed by atoms with Gasteiger partial charge in [0.25, 0.3) is 0 Å². The number of hydrogen-bond acceptors (Lipinski definition) is 3. The maximum absolute atomic E-state index is 13.1. The van der Waals surface area contributed by atoms with Gasteiger partial charge in [0, 0.05) is 18.7 Å². The number of carbonyl (C=O) groups is 1. The monoisotopic (exact) mass is 351 g/mol. The standard InChI is InChI=1S/C22H25NO3/c1-25-20-10-9-17(13-21(20)26-2)18(15-7-8-15)14-22(24)23-12-11-16-5-3-4-6-19(16)23/h3-6,9-10,13,15,18H,7-8,11-12,14H2,1-2H3. The maximum atomic E-state index is 13.1. The number of nitrogens with zero attached hydrogens (tertiary/aromatic N) is 1. The fraction of sp³-hybridized carbons (Fsp3) is 0.409. The van der Waals surface area contributed by atoms with Crippen molar-refractivity contribution in [2.75, 3.05) is 25.7 Å². The number of benzene rings is 2. The summed E-state index contributed by atoms with van der Waals surface area (Å²) in [5, 5.41) is 0. The summed E-state index contributed by atoms with van der Waals surface area (Å²) in [6, 6.07) is 14.3. The Kier molecular flexibility index (Phi) is 4.58. The van der Waals surface area contributed by atoms with Crippen molar-refractivity contribution >= 4 is 11.6 Å². The van der Waals surface area contributed by atoms with Crippen LogP contribution in [0.5, 0.6) is 11.5 Å². The van der Waals surface area contributed by atoms with Crippen LogP contribution in [-0.2, 0) is 11.2 Å². The first-order chi connectivity index (χ1) is 12.7. The number of carbonyl (C=O) groups excluding carboxylic acids is 1. The zero-order chi connectivity index (χ0) is 18.1. The Morgan fingerprint density at radius 3 is 2.62 bits per heavy atom. The van der Waals surface area contributed by atoms with Crippen molar-refractivity contribution in [2.24, 2.45) is 5.92 Å². The molecular formula is C22H25NO3. The molecule has 26 heavy (non-hydrogen) atoms. The predicted octanol–water partition coefficient (Wildman–Crippen LogP) is 4.18. The molecule has 4 nitrogen and oxygen atoms in total. The first-order valence-corrected chi connectivity index (χ1v) is 9.31. The van der Waals surface area contributed by atoms with Gasteiger partial charge in [-0.3, -0.25) is 4.79 Å². The smallest absolute Gasteiger partial charge is 0.227 e. The van der Waals surface area contributed by atoms with Crippen LogP contribution in [0.3, 0.4) is 0 Å². The summed E-state index contributed by atoms with van der Waals surface area (Å²) in [4.78, 5) is 15.0. The lowest BCUT2D eigenvalue weighted by atomic mass is 9.90. The molecule has 1 atom stereocenters. The van der Waals surface area contributed by atoms with Crippen molar-refractivity contribution in [3.8, 4) is 11.5 Å². The molecule has 136 valence electrons. The Bertz CT molecular complexity index is 813. The first-order valence-electron chi connectivity index (χ1n) is 9.31. The van der Waals surface area contributed by atoms with E-state index in [9.17, 15) is 4.79 Å². The topological polar surface area (TPSA) is 38.8 Å². The molecule has 4 rings (SSSR count). The highest BCUT2D eigenvalue weighted by Crippen LogP contribution is 2.46. The molecule has 0 saturated heterocycles. The van der Waals surface area contributed by atoms with Gasteiger partial charge in [0.1, 0.15) is 0 Å². The molecular weight excluding hydrogens is 326 g/mol. The predicted molar refractivity (Wildman–Crippen MR) is 102 cm³/mol. The lowest BCUT2D eigenvalue weighted by molar-refractivity contribution is -0.119. The van der Waals surface area contributed by atoms with Crippen LogP contribution in [0.15, 0.2) is 42.5 Å². The number of hydrogen-bond donors (Lipinski definition) is 0. The summed E-state index contributed by atoms with van der Waals surface area (Å²) in [6.45, 7) is 0.793. The summed E-state index contributed by atoms with van der Waals surface area (Å²) >= 11 is 0. The van der Waals surface area contributed by atoms with Gasteiger partial charge in [0.15, 0.2) is 11.5 Å². The lowest BCUT2D eigenvalue weighted by Gasteiger charge is -2.23. The second-order valence-electron chi connectivity index (χ2n) is 7.19. The summed E-state index contributed by atoms with van der Waals surface area (Å²) in [7, 11) is 3.30. The zero-order valence-corrected chi connectivity index (χ0v) is 15.4. The first kappa shape index (κ1) is 17.0. The van der Waals surface area contributed by atoms with Crippen LogP contribution < -0.4 is 14.4 Å². The van der Waals surface area contributed by atoms with Crippen molar-refractivity contribution in [3.63, 3.8) is 0 Å². The van der Waals surface area contributed by atoms with E-state index in [4.69, 9.17) is 9.47 Å². The van der Waals surface area contributed by atoms with E-state index in [0.717, 1.165) is 30.2 Å². The molecule has 2 aromatic carbocycles. The van der Waals surface area contributed by atoms with E-state index < -0.39 is 0 Å². The van der Waals surface area contributed by atoms with Gasteiger partial charge in [-0.2, -0.15) is 0 Å². The van der Waals surface area contributed by atoms with Crippen LogP contribution in [0, 0.1) is 5.92 Å². The summed E-state index contributed by atoms with van der Waals surface area (Å²) in [5.74, 6) is 2.52. The number of ether oxygens (including phenoxy) is 2. The third-order valence-corrected chi connectivity index (χ3v) is 5.61. The molecule has 2 aliphatic rings. The Labute approximate surface area is 154 Å². The van der Waals surface area contributed by atoms with Crippen LogP contribution in [-0.4, -0.2) is 26.7 Å². The van der Waals surface area contributed by atoms with E-state index in [2.05, 4.69) is 18.2 Å². The average molecular weight is 351 g/mol. The number of fused-ring (bicyclic) bond motifs is 1. The molecule has 1 aliphatic heterocycles. The number of rotatable bonds is 6. The van der Waals surface area contributed by atoms with Crippen molar-refractivity contribution in [1.82, 2.24) is 0 Å². The van der Waals surface area contributed by atoms with Gasteiger partial charge in [-0.25, -0.2) is 0 Å². The van der Waals surface area contributed by atoms with Crippen molar-refractivity contribution in [3.05, 3.63) is 53.6 Å². The van der Waals surface area contributed by atoms with E-state index >= 15 is 0 Å². The van der Waals surface area contributed by atoms with Gasteiger partial charge in [0.2, 0.25) is 5.91 Å². The third kappa shape index (κ3) is 3.16. The molecule has 0 bridgehead atoms. The fourth-order valence-corrected chi connectivity index (χ4v) is 4.03. The Morgan fingerprint density at radius 1 is 1.12 bits per heavy atom. The summed E-state index contributed by atoms with van der Waals surface area (Å²) in [5.41, 5.74) is 3.53. The van der Waals surface area contributed by atoms with Crippen LogP contribution in [0.4, 0.5) is 5.69 Å². The minimum Gasteiger partial charge on any atom is -0.493 e. The highest BCUT2D eigenvalue weighted by Gasteiger charge is 2.36. The Hall–Kier alpha value is -2.49. The third-order valence-electron chi connectivity index (χ3n) is 5.61. The quantitative estimate of drug-likeness (QED) is 0.784. The van der Waals surface area contributed by atoms with Gasteiger partial charge >= 0.3 is 0 Å². The molecule has 1 fully saturated rings. The molecule has 1 amide bonds. The lowest BCUT2D eigenvalue weighted by Crippen LogP contribution is -2.30. The molecule has 4 heteroatoms.